The van der Waals surface area contributed by atoms with E-state index in [0.29, 0.717) is 22.6 Å². The molecule has 10 nitrogen and oxygen atoms in total. The second kappa shape index (κ2) is 11.3. The number of aromatic nitrogens is 2. The molecule has 0 aliphatic heterocycles. The van der Waals surface area contributed by atoms with Gasteiger partial charge in [0.05, 0.1) is 19.9 Å². The van der Waals surface area contributed by atoms with Gasteiger partial charge in [0.15, 0.2) is 23.8 Å². The van der Waals surface area contributed by atoms with E-state index in [-0.39, 0.29) is 12.2 Å². The first-order chi connectivity index (χ1) is 16.5. The van der Waals surface area contributed by atoms with Crippen LogP contribution in [-0.2, 0) is 9.53 Å². The predicted molar refractivity (Wildman–Crippen MR) is 124 cm³/mol. The van der Waals surface area contributed by atoms with E-state index in [1.807, 2.05) is 30.3 Å². The van der Waals surface area contributed by atoms with Crippen LogP contribution in [0, 0.1) is 0 Å². The Labute approximate surface area is 196 Å². The van der Waals surface area contributed by atoms with Crippen molar-refractivity contribution in [2.75, 3.05) is 27.4 Å². The van der Waals surface area contributed by atoms with Crippen molar-refractivity contribution in [3.8, 4) is 28.3 Å². The molecule has 2 aromatic carbocycles. The molecule has 0 spiro atoms. The summed E-state index contributed by atoms with van der Waals surface area (Å²) >= 11 is 0. The highest BCUT2D eigenvalue weighted by molar-refractivity contribution is 5.99. The molecule has 0 fully saturated rings. The number of methoxy groups -OCH3 is 2. The lowest BCUT2D eigenvalue weighted by molar-refractivity contribution is -0.123. The molecular formula is C24H24N4O6. The number of imide groups is 1. The molecule has 0 saturated carbocycles. The van der Waals surface area contributed by atoms with Crippen molar-refractivity contribution in [1.29, 1.82) is 0 Å². The summed E-state index contributed by atoms with van der Waals surface area (Å²) in [6.45, 7) is 2.98. The Bertz CT molecular complexity index is 1190. The van der Waals surface area contributed by atoms with Gasteiger partial charge in [-0.05, 0) is 29.8 Å². The maximum absolute atomic E-state index is 12.9. The van der Waals surface area contributed by atoms with E-state index in [2.05, 4.69) is 22.3 Å². The highest BCUT2D eigenvalue weighted by atomic mass is 16.5. The van der Waals surface area contributed by atoms with Crippen molar-refractivity contribution < 1.29 is 28.6 Å². The van der Waals surface area contributed by atoms with E-state index < -0.39 is 24.5 Å². The monoisotopic (exact) mass is 464 g/mol. The van der Waals surface area contributed by atoms with Crippen LogP contribution in [-0.4, -0.2) is 55.1 Å². The van der Waals surface area contributed by atoms with Crippen LogP contribution >= 0.6 is 0 Å². The number of nitrogens with one attached hydrogen (secondary N) is 2. The normalized spacial score (nSPS) is 10.2. The number of amides is 3. The second-order valence-electron chi connectivity index (χ2n) is 6.86. The average Bonchev–Trinajstić information content (AvgIpc) is 3.31. The van der Waals surface area contributed by atoms with E-state index in [1.54, 1.807) is 24.4 Å². The van der Waals surface area contributed by atoms with E-state index in [9.17, 15) is 14.4 Å². The van der Waals surface area contributed by atoms with Crippen LogP contribution in [0.2, 0.25) is 0 Å². The van der Waals surface area contributed by atoms with Crippen molar-refractivity contribution in [2.24, 2.45) is 0 Å². The molecule has 0 aliphatic carbocycles. The number of carbonyl (C=O) groups is 3. The van der Waals surface area contributed by atoms with Gasteiger partial charge >= 0.3 is 12.0 Å². The fourth-order valence-corrected chi connectivity index (χ4v) is 3.02. The van der Waals surface area contributed by atoms with Crippen LogP contribution in [0.5, 0.6) is 11.5 Å². The zero-order valence-corrected chi connectivity index (χ0v) is 18.7. The number of hydrogen-bond donors (Lipinski definition) is 2. The maximum Gasteiger partial charge on any atom is 0.360 e. The third-order valence-corrected chi connectivity index (χ3v) is 4.62. The minimum Gasteiger partial charge on any atom is -0.493 e. The number of para-hydroxylation sites is 1. The molecule has 2 N–H and O–H groups in total. The van der Waals surface area contributed by atoms with Crippen LogP contribution in [0.4, 0.5) is 4.79 Å². The molecule has 10 heteroatoms. The lowest BCUT2D eigenvalue weighted by Crippen LogP contribution is -2.41. The van der Waals surface area contributed by atoms with Crippen LogP contribution < -0.4 is 20.1 Å². The molecule has 3 amide bonds. The summed E-state index contributed by atoms with van der Waals surface area (Å²) in [5, 5.41) is 8.83. The second-order valence-corrected chi connectivity index (χ2v) is 6.86. The van der Waals surface area contributed by atoms with Gasteiger partial charge in [-0.1, -0.05) is 30.3 Å². The molecule has 1 aromatic heterocycles. The maximum atomic E-state index is 12.9. The Morgan fingerprint density at radius 2 is 1.79 bits per heavy atom. The molecule has 34 heavy (non-hydrogen) atoms. The van der Waals surface area contributed by atoms with E-state index in [4.69, 9.17) is 14.2 Å². The summed E-state index contributed by atoms with van der Waals surface area (Å²) in [7, 11) is 3.03. The van der Waals surface area contributed by atoms with Gasteiger partial charge in [-0.2, -0.15) is 5.10 Å². The number of benzene rings is 2. The third kappa shape index (κ3) is 5.80. The number of rotatable bonds is 9. The summed E-state index contributed by atoms with van der Waals surface area (Å²) in [4.78, 5) is 36.4. The third-order valence-electron chi connectivity index (χ3n) is 4.62. The van der Waals surface area contributed by atoms with Gasteiger partial charge in [-0.3, -0.25) is 10.1 Å². The van der Waals surface area contributed by atoms with E-state index >= 15 is 0 Å². The summed E-state index contributed by atoms with van der Waals surface area (Å²) < 4.78 is 17.3. The zero-order chi connectivity index (χ0) is 24.5. The van der Waals surface area contributed by atoms with Gasteiger partial charge in [-0.15, -0.1) is 6.58 Å². The predicted octanol–water partition coefficient (Wildman–Crippen LogP) is 2.73. The number of ether oxygens (including phenoxy) is 3. The fourth-order valence-electron chi connectivity index (χ4n) is 3.02. The van der Waals surface area contributed by atoms with Gasteiger partial charge in [-0.25, -0.2) is 14.3 Å². The van der Waals surface area contributed by atoms with Gasteiger partial charge in [0.2, 0.25) is 0 Å². The quantitative estimate of drug-likeness (QED) is 0.369. The molecule has 3 rings (SSSR count). The fraction of sp³-hybridized carbons (Fsp3) is 0.167. The molecule has 0 bridgehead atoms. The standard InChI is InChI=1S/C24H24N4O6/c1-4-12-25-24(31)26-21(29)15-34-23(30)22-18(14-28(27-22)17-8-6-5-7-9-17)16-10-11-19(32-2)20(13-16)33-3/h4-11,13-14H,1,12,15H2,2-3H3,(H2,25,26,29,31). The number of carbonyl (C=O) groups excluding carboxylic acids is 3. The van der Waals surface area contributed by atoms with E-state index in [1.165, 1.54) is 25.0 Å². The number of nitrogens with zero attached hydrogens (tertiary/aromatic N) is 2. The van der Waals surface area contributed by atoms with Crippen LogP contribution in [0.25, 0.3) is 16.8 Å². The molecule has 0 aliphatic rings. The molecular weight excluding hydrogens is 440 g/mol. The number of urea groups is 1. The van der Waals surface area contributed by atoms with Crippen LogP contribution in [0.1, 0.15) is 10.5 Å². The number of esters is 1. The summed E-state index contributed by atoms with van der Waals surface area (Å²) in [5.74, 6) is -0.625. The van der Waals surface area contributed by atoms with Crippen molar-refractivity contribution in [2.45, 2.75) is 0 Å². The summed E-state index contributed by atoms with van der Waals surface area (Å²) in [6, 6.07) is 13.6. The first kappa shape index (κ1) is 24.1. The smallest absolute Gasteiger partial charge is 0.360 e. The minimum absolute atomic E-state index is 0.0139. The molecule has 0 atom stereocenters. The van der Waals surface area contributed by atoms with Gasteiger partial charge in [0, 0.05) is 18.3 Å². The van der Waals surface area contributed by atoms with Gasteiger partial charge < -0.3 is 19.5 Å². The SMILES string of the molecule is C=CCNC(=O)NC(=O)COC(=O)c1nn(-c2ccccc2)cc1-c1ccc(OC)c(OC)c1. The van der Waals surface area contributed by atoms with Crippen molar-refractivity contribution >= 4 is 17.9 Å². The van der Waals surface area contributed by atoms with Crippen LogP contribution in [0.15, 0.2) is 67.4 Å². The Hall–Kier alpha value is -4.60. The van der Waals surface area contributed by atoms with Gasteiger partial charge in [0.25, 0.3) is 5.91 Å². The minimum atomic E-state index is -0.832. The Kier molecular flexibility index (Phi) is 8.01. The molecule has 3 aromatic rings. The molecule has 0 radical (unpaired) electrons. The van der Waals surface area contributed by atoms with Crippen LogP contribution in [0.3, 0.4) is 0 Å². The topological polar surface area (TPSA) is 121 Å². The average molecular weight is 464 g/mol. The molecule has 0 saturated heterocycles. The Balaban J connectivity index is 1.87. The summed E-state index contributed by atoms with van der Waals surface area (Å²) in [6.07, 6.45) is 3.14. The highest BCUT2D eigenvalue weighted by Gasteiger charge is 2.22. The van der Waals surface area contributed by atoms with E-state index in [0.717, 1.165) is 5.69 Å². The van der Waals surface area contributed by atoms with Gasteiger partial charge in [0.1, 0.15) is 0 Å². The lowest BCUT2D eigenvalue weighted by atomic mass is 10.1. The highest BCUT2D eigenvalue weighted by Crippen LogP contribution is 2.34. The first-order valence-corrected chi connectivity index (χ1v) is 10.2. The Morgan fingerprint density at radius 3 is 2.47 bits per heavy atom. The van der Waals surface area contributed by atoms with Crippen molar-refractivity contribution in [1.82, 2.24) is 20.4 Å². The van der Waals surface area contributed by atoms with Crippen molar-refractivity contribution in [3.05, 3.63) is 73.1 Å². The van der Waals surface area contributed by atoms with Crippen molar-refractivity contribution in [3.63, 3.8) is 0 Å². The Morgan fingerprint density at radius 1 is 1.06 bits per heavy atom. The zero-order valence-electron chi connectivity index (χ0n) is 18.7. The molecule has 0 unspecified atom stereocenters. The first-order valence-electron chi connectivity index (χ1n) is 10.2. The summed E-state index contributed by atoms with van der Waals surface area (Å²) in [5.41, 5.74) is 1.79. The number of hydrogen-bond acceptors (Lipinski definition) is 7. The molecule has 1 heterocycles. The molecule has 176 valence electrons. The lowest BCUT2D eigenvalue weighted by Gasteiger charge is -2.09. The largest absolute Gasteiger partial charge is 0.493 e.